The Bertz CT molecular complexity index is 673. The van der Waals surface area contributed by atoms with Crippen molar-refractivity contribution >= 4 is 23.5 Å². The Kier molecular flexibility index (Phi) is 9.40. The van der Waals surface area contributed by atoms with Crippen molar-refractivity contribution in [2.45, 2.75) is 43.7 Å². The summed E-state index contributed by atoms with van der Waals surface area (Å²) in [5, 5.41) is 36.4. The molecule has 0 bridgehead atoms. The maximum Gasteiger partial charge on any atom is 0.335 e. The third-order valence-corrected chi connectivity index (χ3v) is 5.44. The van der Waals surface area contributed by atoms with Crippen LogP contribution in [-0.4, -0.2) is 87.9 Å². The smallest absolute Gasteiger partial charge is 0.335 e. The maximum atomic E-state index is 14.0. The second-order valence-electron chi connectivity index (χ2n) is 7.10. The van der Waals surface area contributed by atoms with Gasteiger partial charge in [0, 0.05) is 42.4 Å². The number of hydrogen-bond donors (Lipinski definition) is 5. The Morgan fingerprint density at radius 1 is 1.20 bits per heavy atom. The molecule has 2 unspecified atom stereocenters. The van der Waals surface area contributed by atoms with Gasteiger partial charge >= 0.3 is 11.9 Å². The summed E-state index contributed by atoms with van der Waals surface area (Å²) < 4.78 is 19.5. The van der Waals surface area contributed by atoms with Gasteiger partial charge < -0.3 is 30.5 Å². The second-order valence-corrected chi connectivity index (χ2v) is 7.51. The van der Waals surface area contributed by atoms with Crippen LogP contribution in [0.15, 0.2) is 18.2 Å². The van der Waals surface area contributed by atoms with Crippen molar-refractivity contribution in [3.63, 3.8) is 0 Å². The number of hydrogen-bond acceptors (Lipinski definition) is 7. The molecule has 0 amide bonds. The quantitative estimate of drug-likeness (QED) is 0.398. The zero-order valence-electron chi connectivity index (χ0n) is 16.2. The lowest BCUT2D eigenvalue weighted by molar-refractivity contribution is -0.165. The fraction of sp³-hybridized carbons (Fsp3) is 0.579. The minimum Gasteiger partial charge on any atom is -0.479 e. The summed E-state index contributed by atoms with van der Waals surface area (Å²) in [5.74, 6) is -3.75. The van der Waals surface area contributed by atoms with E-state index < -0.39 is 24.1 Å². The van der Waals surface area contributed by atoms with E-state index in [1.807, 2.05) is 0 Å². The van der Waals surface area contributed by atoms with E-state index in [2.05, 4.69) is 10.2 Å². The number of nitrogens with zero attached hydrogens (tertiary/aromatic N) is 1. The largest absolute Gasteiger partial charge is 0.479 e. The van der Waals surface area contributed by atoms with Gasteiger partial charge in [-0.1, -0.05) is 17.7 Å². The van der Waals surface area contributed by atoms with Crippen LogP contribution in [-0.2, 0) is 20.9 Å². The van der Waals surface area contributed by atoms with Crippen LogP contribution in [0, 0.1) is 5.82 Å². The Hall–Kier alpha value is -1.82. The Morgan fingerprint density at radius 3 is 2.33 bits per heavy atom. The lowest BCUT2D eigenvalue weighted by Gasteiger charge is -2.33. The van der Waals surface area contributed by atoms with Gasteiger partial charge in [-0.05, 0) is 31.5 Å². The molecule has 0 aromatic heterocycles. The first-order chi connectivity index (χ1) is 14.2. The first-order valence-corrected chi connectivity index (χ1v) is 9.89. The summed E-state index contributed by atoms with van der Waals surface area (Å²) in [4.78, 5) is 21.9. The Balaban J connectivity index is 0.000000274. The summed E-state index contributed by atoms with van der Waals surface area (Å²) in [6.45, 7) is 4.09. The predicted molar refractivity (Wildman–Crippen MR) is 105 cm³/mol. The average Bonchev–Trinajstić information content (AvgIpc) is 3.41. The van der Waals surface area contributed by atoms with Crippen LogP contribution in [0.5, 0.6) is 0 Å². The molecule has 2 aliphatic rings. The third-order valence-electron chi connectivity index (χ3n) is 5.09. The molecule has 2 fully saturated rings. The fourth-order valence-electron chi connectivity index (χ4n) is 3.40. The molecule has 30 heavy (non-hydrogen) atoms. The van der Waals surface area contributed by atoms with E-state index in [0.29, 0.717) is 29.2 Å². The van der Waals surface area contributed by atoms with Crippen LogP contribution in [0.4, 0.5) is 4.39 Å². The van der Waals surface area contributed by atoms with E-state index in [4.69, 9.17) is 36.8 Å². The van der Waals surface area contributed by atoms with Gasteiger partial charge in [-0.2, -0.15) is 0 Å². The van der Waals surface area contributed by atoms with E-state index in [0.717, 1.165) is 39.1 Å². The summed E-state index contributed by atoms with van der Waals surface area (Å²) in [7, 11) is 0. The summed E-state index contributed by atoms with van der Waals surface area (Å²) >= 11 is 6.17. The molecule has 1 aromatic rings. The summed E-state index contributed by atoms with van der Waals surface area (Å²) in [6, 6.07) is 5.71. The minimum absolute atomic E-state index is 0.215. The number of rotatable bonds is 7. The molecule has 4 atom stereocenters. The number of aliphatic carboxylic acids is 2. The van der Waals surface area contributed by atoms with Crippen molar-refractivity contribution in [1.29, 1.82) is 0 Å². The standard InChI is InChI=1S/C15H20ClFN2O.C4H6O6/c16-14-2-1-3-15(17)13(14)9-19(11-4-6-18-8-11)12-5-7-20-10-12;5-1(3(7)8)2(6)4(9)10/h1-3,11-12,18H,4-10H2;1-2,5-6H,(H,7,8)(H,9,10)/t11-,12+;/m0./s1. The van der Waals surface area contributed by atoms with E-state index >= 15 is 0 Å². The summed E-state index contributed by atoms with van der Waals surface area (Å²) in [6.07, 6.45) is -2.42. The average molecular weight is 449 g/mol. The molecule has 0 radical (unpaired) electrons. The number of nitrogens with one attached hydrogen (secondary N) is 1. The van der Waals surface area contributed by atoms with Gasteiger partial charge in [0.1, 0.15) is 5.82 Å². The molecule has 11 heteroatoms. The normalized spacial score (nSPS) is 23.0. The second kappa shape index (κ2) is 11.5. The van der Waals surface area contributed by atoms with Gasteiger partial charge in [-0.25, -0.2) is 14.0 Å². The molecule has 3 rings (SSSR count). The van der Waals surface area contributed by atoms with E-state index in [1.54, 1.807) is 12.1 Å². The molecule has 0 aliphatic carbocycles. The van der Waals surface area contributed by atoms with Gasteiger partial charge in [0.15, 0.2) is 12.2 Å². The highest BCUT2D eigenvalue weighted by molar-refractivity contribution is 6.31. The van der Waals surface area contributed by atoms with Gasteiger partial charge in [-0.3, -0.25) is 4.90 Å². The number of carboxylic acid groups (broad SMARTS) is 2. The number of aliphatic hydroxyl groups is 2. The molecule has 168 valence electrons. The van der Waals surface area contributed by atoms with Gasteiger partial charge in [0.2, 0.25) is 0 Å². The van der Waals surface area contributed by atoms with Crippen LogP contribution in [0.3, 0.4) is 0 Å². The topological polar surface area (TPSA) is 140 Å². The molecular formula is C19H26ClFN2O7. The highest BCUT2D eigenvalue weighted by atomic mass is 35.5. The maximum absolute atomic E-state index is 14.0. The number of ether oxygens (including phenoxy) is 1. The van der Waals surface area contributed by atoms with E-state index in [1.165, 1.54) is 6.07 Å². The van der Waals surface area contributed by atoms with Crippen LogP contribution in [0.1, 0.15) is 18.4 Å². The zero-order valence-corrected chi connectivity index (χ0v) is 17.0. The Labute approximate surface area is 178 Å². The van der Waals surface area contributed by atoms with Crippen molar-refractivity contribution in [2.24, 2.45) is 0 Å². The van der Waals surface area contributed by atoms with Crippen LogP contribution >= 0.6 is 11.6 Å². The zero-order chi connectivity index (χ0) is 22.3. The number of carbonyl (C=O) groups is 2. The molecule has 0 saturated carbocycles. The van der Waals surface area contributed by atoms with Crippen LogP contribution in [0.2, 0.25) is 5.02 Å². The van der Waals surface area contributed by atoms with Crippen molar-refractivity contribution in [3.05, 3.63) is 34.6 Å². The first kappa shape index (κ1) is 24.4. The summed E-state index contributed by atoms with van der Waals surface area (Å²) in [5.41, 5.74) is 0.605. The fourth-order valence-corrected chi connectivity index (χ4v) is 3.62. The molecular weight excluding hydrogens is 423 g/mol. The molecule has 0 spiro atoms. The van der Waals surface area contributed by atoms with E-state index in [-0.39, 0.29) is 5.82 Å². The molecule has 2 heterocycles. The molecule has 5 N–H and O–H groups in total. The highest BCUT2D eigenvalue weighted by Crippen LogP contribution is 2.26. The lowest BCUT2D eigenvalue weighted by atomic mass is 10.1. The molecule has 2 aliphatic heterocycles. The minimum atomic E-state index is -2.27. The van der Waals surface area contributed by atoms with Crippen molar-refractivity contribution in [2.75, 3.05) is 26.3 Å². The molecule has 2 saturated heterocycles. The van der Waals surface area contributed by atoms with E-state index in [9.17, 15) is 14.0 Å². The van der Waals surface area contributed by atoms with Crippen molar-refractivity contribution in [1.82, 2.24) is 10.2 Å². The van der Waals surface area contributed by atoms with Crippen molar-refractivity contribution in [3.8, 4) is 0 Å². The molecule has 1 aromatic carbocycles. The van der Waals surface area contributed by atoms with Gasteiger partial charge in [-0.15, -0.1) is 0 Å². The van der Waals surface area contributed by atoms with Crippen molar-refractivity contribution < 1.29 is 39.1 Å². The third kappa shape index (κ3) is 6.59. The highest BCUT2D eigenvalue weighted by Gasteiger charge is 2.32. The number of halogens is 2. The Morgan fingerprint density at radius 2 is 1.87 bits per heavy atom. The first-order valence-electron chi connectivity index (χ1n) is 9.51. The van der Waals surface area contributed by atoms with Crippen LogP contribution in [0.25, 0.3) is 0 Å². The number of carboxylic acids is 2. The monoisotopic (exact) mass is 448 g/mol. The number of benzene rings is 1. The van der Waals surface area contributed by atoms with Gasteiger partial charge in [0.05, 0.1) is 6.61 Å². The number of aliphatic hydroxyl groups excluding tert-OH is 2. The lowest BCUT2D eigenvalue weighted by Crippen LogP contribution is -2.44. The van der Waals surface area contributed by atoms with Gasteiger partial charge in [0.25, 0.3) is 0 Å². The predicted octanol–water partition coefficient (Wildman–Crippen LogP) is 0.309. The molecule has 9 nitrogen and oxygen atoms in total. The SMILES string of the molecule is Fc1cccc(Cl)c1CN([C@@H]1CCOC1)[C@H]1CCNC1.O=C(O)C(O)C(O)C(=O)O. The van der Waals surface area contributed by atoms with Crippen LogP contribution < -0.4 is 5.32 Å².